The summed E-state index contributed by atoms with van der Waals surface area (Å²) < 4.78 is 5.14. The Hall–Kier alpha value is -3.47. The lowest BCUT2D eigenvalue weighted by molar-refractivity contribution is -0.145. The standard InChI is InChI=1S/C24H37N5O6.C2H6/c1-6-7-21(31)35-13-17-8-10-18(11-9-17)28-24(34)19(12-20(25)30)29-23(33)16(5)27-22(32)15(4)26-14(2)3;1-2/h8-11,14-16,19,26H,6-7,12-13H2,1-5H3,(H2,25,30)(H,27,32)(H,28,34)(H,29,33);1-2H3. The SMILES string of the molecule is CC.CCCC(=O)OCc1ccc(NC(=O)C(CC(N)=O)NC(=O)C(C)NC(=O)C(C)NC(C)C)cc1. The van der Waals surface area contributed by atoms with Crippen LogP contribution in [0.4, 0.5) is 5.69 Å². The lowest BCUT2D eigenvalue weighted by atomic mass is 10.1. The second-order valence-corrected chi connectivity index (χ2v) is 8.60. The van der Waals surface area contributed by atoms with Crippen LogP contribution in [-0.4, -0.2) is 53.8 Å². The van der Waals surface area contributed by atoms with Gasteiger partial charge >= 0.3 is 5.97 Å². The second-order valence-electron chi connectivity index (χ2n) is 8.60. The van der Waals surface area contributed by atoms with Crippen LogP contribution in [0.5, 0.6) is 0 Å². The van der Waals surface area contributed by atoms with E-state index in [4.69, 9.17) is 10.5 Å². The summed E-state index contributed by atoms with van der Waals surface area (Å²) in [5.41, 5.74) is 6.40. The Kier molecular flexibility index (Phi) is 16.2. The van der Waals surface area contributed by atoms with Crippen LogP contribution < -0.4 is 27.0 Å². The number of carbonyl (C=O) groups is 5. The zero-order chi connectivity index (χ0) is 28.5. The van der Waals surface area contributed by atoms with E-state index in [1.54, 1.807) is 31.2 Å². The molecule has 0 aliphatic rings. The van der Waals surface area contributed by atoms with Crippen molar-refractivity contribution in [2.45, 2.75) is 98.5 Å². The molecule has 0 heterocycles. The summed E-state index contributed by atoms with van der Waals surface area (Å²) in [4.78, 5) is 60.5. The van der Waals surface area contributed by atoms with E-state index in [0.29, 0.717) is 18.5 Å². The Balaban J connectivity index is 0.00000631. The Bertz CT molecular complexity index is 888. The van der Waals surface area contributed by atoms with Crippen LogP contribution >= 0.6 is 0 Å². The lowest BCUT2D eigenvalue weighted by Crippen LogP contribution is -2.55. The highest BCUT2D eigenvalue weighted by molar-refractivity contribution is 6.00. The third kappa shape index (κ3) is 14.0. The van der Waals surface area contributed by atoms with Crippen LogP contribution in [0.1, 0.15) is 73.3 Å². The number of ether oxygens (including phenoxy) is 1. The molecular weight excluding hydrogens is 478 g/mol. The summed E-state index contributed by atoms with van der Waals surface area (Å²) in [5, 5.41) is 10.7. The van der Waals surface area contributed by atoms with Crippen LogP contribution in [0.15, 0.2) is 24.3 Å². The molecule has 37 heavy (non-hydrogen) atoms. The minimum Gasteiger partial charge on any atom is -0.461 e. The topological polar surface area (TPSA) is 169 Å². The molecule has 11 heteroatoms. The maximum absolute atomic E-state index is 12.7. The Morgan fingerprint density at radius 3 is 1.95 bits per heavy atom. The molecule has 6 N–H and O–H groups in total. The average molecular weight is 522 g/mol. The molecule has 0 bridgehead atoms. The van der Waals surface area contributed by atoms with Crippen LogP contribution in [-0.2, 0) is 35.3 Å². The van der Waals surface area contributed by atoms with Gasteiger partial charge in [0.2, 0.25) is 23.6 Å². The number of nitrogens with one attached hydrogen (secondary N) is 4. The summed E-state index contributed by atoms with van der Waals surface area (Å²) in [7, 11) is 0. The zero-order valence-electron chi connectivity index (χ0n) is 23.0. The number of esters is 1. The second kappa shape index (κ2) is 17.9. The first kappa shape index (κ1) is 33.5. The predicted molar refractivity (Wildman–Crippen MR) is 142 cm³/mol. The molecule has 0 aromatic heterocycles. The summed E-state index contributed by atoms with van der Waals surface area (Å²) >= 11 is 0. The van der Waals surface area contributed by atoms with Gasteiger partial charge in [-0.1, -0.05) is 46.8 Å². The van der Waals surface area contributed by atoms with Crippen LogP contribution in [0.2, 0.25) is 0 Å². The van der Waals surface area contributed by atoms with Gasteiger partial charge in [-0.05, 0) is 38.0 Å². The van der Waals surface area contributed by atoms with Crippen molar-refractivity contribution in [2.24, 2.45) is 5.73 Å². The first-order chi connectivity index (χ1) is 17.4. The van der Waals surface area contributed by atoms with E-state index in [0.717, 1.165) is 5.56 Å². The van der Waals surface area contributed by atoms with Gasteiger partial charge in [0.15, 0.2) is 0 Å². The number of carbonyl (C=O) groups excluding carboxylic acids is 5. The molecule has 0 aliphatic heterocycles. The molecular formula is C26H43N5O6. The first-order valence-corrected chi connectivity index (χ1v) is 12.6. The summed E-state index contributed by atoms with van der Waals surface area (Å²) in [6, 6.07) is 3.95. The molecule has 4 amide bonds. The Labute approximate surface area is 219 Å². The molecule has 1 aromatic rings. The highest BCUT2D eigenvalue weighted by Gasteiger charge is 2.27. The van der Waals surface area contributed by atoms with Crippen LogP contribution in [0, 0.1) is 0 Å². The molecule has 0 saturated heterocycles. The molecule has 11 nitrogen and oxygen atoms in total. The van der Waals surface area contributed by atoms with Gasteiger partial charge in [0, 0.05) is 18.2 Å². The van der Waals surface area contributed by atoms with Crippen LogP contribution in [0.25, 0.3) is 0 Å². The van der Waals surface area contributed by atoms with Crippen molar-refractivity contribution in [3.8, 4) is 0 Å². The van der Waals surface area contributed by atoms with E-state index in [9.17, 15) is 24.0 Å². The monoisotopic (exact) mass is 521 g/mol. The summed E-state index contributed by atoms with van der Waals surface area (Å²) in [6.45, 7) is 12.9. The van der Waals surface area contributed by atoms with E-state index in [2.05, 4.69) is 21.3 Å². The van der Waals surface area contributed by atoms with Gasteiger partial charge in [0.25, 0.3) is 0 Å². The number of amides is 4. The highest BCUT2D eigenvalue weighted by Crippen LogP contribution is 2.12. The van der Waals surface area contributed by atoms with Gasteiger partial charge in [0.1, 0.15) is 18.7 Å². The Morgan fingerprint density at radius 1 is 0.865 bits per heavy atom. The van der Waals surface area contributed by atoms with Crippen molar-refractivity contribution in [1.82, 2.24) is 16.0 Å². The fraction of sp³-hybridized carbons (Fsp3) is 0.577. The lowest BCUT2D eigenvalue weighted by Gasteiger charge is -2.22. The molecule has 1 aromatic carbocycles. The molecule has 0 spiro atoms. The van der Waals surface area contributed by atoms with E-state index in [-0.39, 0.29) is 24.5 Å². The third-order valence-electron chi connectivity index (χ3n) is 4.84. The molecule has 1 rings (SSSR count). The molecule has 0 saturated carbocycles. The van der Waals surface area contributed by atoms with Gasteiger partial charge in [-0.2, -0.15) is 0 Å². The number of rotatable bonds is 14. The fourth-order valence-corrected chi connectivity index (χ4v) is 3.04. The number of hydrogen-bond acceptors (Lipinski definition) is 7. The summed E-state index contributed by atoms with van der Waals surface area (Å²) in [5.74, 6) is -2.72. The van der Waals surface area contributed by atoms with Crippen molar-refractivity contribution in [2.75, 3.05) is 5.32 Å². The van der Waals surface area contributed by atoms with Crippen molar-refractivity contribution in [3.63, 3.8) is 0 Å². The Morgan fingerprint density at radius 2 is 1.43 bits per heavy atom. The molecule has 3 atom stereocenters. The minimum absolute atomic E-state index is 0.0775. The van der Waals surface area contributed by atoms with Gasteiger partial charge in [-0.3, -0.25) is 24.0 Å². The van der Waals surface area contributed by atoms with Gasteiger partial charge in [-0.25, -0.2) is 0 Å². The van der Waals surface area contributed by atoms with Gasteiger partial charge in [0.05, 0.1) is 12.5 Å². The number of primary amides is 1. The minimum atomic E-state index is -1.24. The van der Waals surface area contributed by atoms with E-state index in [1.165, 1.54) is 6.92 Å². The third-order valence-corrected chi connectivity index (χ3v) is 4.84. The number of benzene rings is 1. The molecule has 0 radical (unpaired) electrons. The molecule has 0 aliphatic carbocycles. The number of anilines is 1. The van der Waals surface area contributed by atoms with Gasteiger partial charge in [-0.15, -0.1) is 0 Å². The number of hydrogen-bond donors (Lipinski definition) is 5. The first-order valence-electron chi connectivity index (χ1n) is 12.6. The van der Waals surface area contributed by atoms with Crippen molar-refractivity contribution in [3.05, 3.63) is 29.8 Å². The highest BCUT2D eigenvalue weighted by atomic mass is 16.5. The van der Waals surface area contributed by atoms with Crippen molar-refractivity contribution < 1.29 is 28.7 Å². The fourth-order valence-electron chi connectivity index (χ4n) is 3.04. The quantitative estimate of drug-likeness (QED) is 0.232. The molecule has 0 fully saturated rings. The predicted octanol–water partition coefficient (Wildman–Crippen LogP) is 1.75. The van der Waals surface area contributed by atoms with E-state index >= 15 is 0 Å². The maximum Gasteiger partial charge on any atom is 0.306 e. The molecule has 3 unspecified atom stereocenters. The smallest absolute Gasteiger partial charge is 0.306 e. The van der Waals surface area contributed by atoms with E-state index < -0.39 is 42.3 Å². The van der Waals surface area contributed by atoms with Crippen molar-refractivity contribution in [1.29, 1.82) is 0 Å². The van der Waals surface area contributed by atoms with Crippen molar-refractivity contribution >= 4 is 35.3 Å². The number of nitrogens with two attached hydrogens (primary N) is 1. The van der Waals surface area contributed by atoms with Crippen LogP contribution in [0.3, 0.4) is 0 Å². The zero-order valence-corrected chi connectivity index (χ0v) is 23.0. The van der Waals surface area contributed by atoms with E-state index in [1.807, 2.05) is 34.6 Å². The van der Waals surface area contributed by atoms with Gasteiger partial charge < -0.3 is 31.7 Å². The summed E-state index contributed by atoms with van der Waals surface area (Å²) in [6.07, 6.45) is 0.624. The average Bonchev–Trinajstić information content (AvgIpc) is 2.83. The molecule has 208 valence electrons. The normalized spacial score (nSPS) is 12.8. The largest absolute Gasteiger partial charge is 0.461 e. The maximum atomic E-state index is 12.7.